The third-order valence-corrected chi connectivity index (χ3v) is 2.77. The molecule has 0 rings (SSSR count). The van der Waals surface area contributed by atoms with E-state index >= 15 is 0 Å². The summed E-state index contributed by atoms with van der Waals surface area (Å²) in [5, 5.41) is 0. The van der Waals surface area contributed by atoms with Gasteiger partial charge in [0.1, 0.15) is 0 Å². The maximum absolute atomic E-state index is 10.4. The van der Waals surface area contributed by atoms with Crippen LogP contribution < -0.4 is 0 Å². The Morgan fingerprint density at radius 2 is 1.89 bits per heavy atom. The van der Waals surface area contributed by atoms with Gasteiger partial charge in [-0.15, -0.1) is 0 Å². The van der Waals surface area contributed by atoms with Crippen LogP contribution >= 0.6 is 0 Å². The van der Waals surface area contributed by atoms with E-state index in [0.29, 0.717) is 0 Å². The molecule has 4 nitrogen and oxygen atoms in total. The molecule has 0 aromatic carbocycles. The van der Waals surface area contributed by atoms with Crippen LogP contribution in [-0.4, -0.2) is 25.0 Å². The molecule has 0 aliphatic carbocycles. The number of hydrogen-bond donors (Lipinski definition) is 0. The highest BCUT2D eigenvalue weighted by atomic mass is 32.3. The average molecular weight is 170 g/mol. The number of hydrogen-bond acceptors (Lipinski definition) is 4. The second kappa shape index (κ2) is 3.30. The van der Waals surface area contributed by atoms with Gasteiger partial charge < -0.3 is 3.87 Å². The normalized spacial score (nSPS) is 12.8. The molecule has 0 aromatic heterocycles. The Morgan fingerprint density at radius 1 is 1.44 bits per heavy atom. The summed E-state index contributed by atoms with van der Waals surface area (Å²) in [5.41, 5.74) is 0. The summed E-state index contributed by atoms with van der Waals surface area (Å²) in [6.07, 6.45) is -0.344. The highest BCUT2D eigenvalue weighted by molar-refractivity contribution is 7.82. The van der Waals surface area contributed by atoms with Crippen molar-refractivity contribution in [3.63, 3.8) is 0 Å². The van der Waals surface area contributed by atoms with Crippen LogP contribution in [0.2, 0.25) is 0 Å². The zero-order valence-electron chi connectivity index (χ0n) is 5.62. The van der Waals surface area contributed by atoms with E-state index in [0.717, 1.165) is 0 Å². The Labute approximate surface area is 58.0 Å². The summed E-state index contributed by atoms with van der Waals surface area (Å²) >= 11 is 0. The maximum Gasteiger partial charge on any atom is 0.389 e. The van der Waals surface area contributed by atoms with Gasteiger partial charge in [0.2, 0.25) is 0 Å². The zero-order chi connectivity index (χ0) is 7.49. The van der Waals surface area contributed by atoms with Crippen molar-refractivity contribution in [1.82, 2.24) is 0 Å². The van der Waals surface area contributed by atoms with Gasteiger partial charge in [0.25, 0.3) is 0 Å². The summed E-state index contributed by atoms with van der Waals surface area (Å²) in [4.78, 5) is 0. The minimum atomic E-state index is -3.66. The van der Waals surface area contributed by atoms with E-state index in [9.17, 15) is 8.42 Å². The first kappa shape index (κ1) is 9.09. The SMILES string of the molecule is CC(C)OS(=O)(=O)O[SiH3]. The van der Waals surface area contributed by atoms with Gasteiger partial charge >= 0.3 is 10.4 Å². The molecule has 9 heavy (non-hydrogen) atoms. The Hall–Kier alpha value is 0.0869. The molecule has 0 aromatic rings. The standard InChI is InChI=1S/C3H10O4SSi/c1-3(2)6-8(4,5)7-9/h3H,1-2,9H3. The van der Waals surface area contributed by atoms with Crippen LogP contribution in [0.3, 0.4) is 0 Å². The van der Waals surface area contributed by atoms with Gasteiger partial charge in [-0.3, -0.25) is 0 Å². The second-order valence-electron chi connectivity index (χ2n) is 1.72. The predicted molar refractivity (Wildman–Crippen MR) is 36.2 cm³/mol. The molecule has 0 saturated heterocycles. The van der Waals surface area contributed by atoms with Gasteiger partial charge in [0, 0.05) is 0 Å². The van der Waals surface area contributed by atoms with Crippen molar-refractivity contribution >= 4 is 20.9 Å². The molecule has 0 atom stereocenters. The summed E-state index contributed by atoms with van der Waals surface area (Å²) < 4.78 is 29.3. The average Bonchev–Trinajstić information content (AvgIpc) is 1.63. The van der Waals surface area contributed by atoms with Gasteiger partial charge in [-0.25, -0.2) is 4.18 Å². The van der Waals surface area contributed by atoms with Crippen LogP contribution in [-0.2, 0) is 18.5 Å². The van der Waals surface area contributed by atoms with Crippen molar-refractivity contribution in [1.29, 1.82) is 0 Å². The van der Waals surface area contributed by atoms with E-state index in [1.165, 1.54) is 0 Å². The maximum atomic E-state index is 10.4. The Kier molecular flexibility index (Phi) is 3.34. The lowest BCUT2D eigenvalue weighted by molar-refractivity contribution is 0.220. The lowest BCUT2D eigenvalue weighted by atomic mass is 10.5. The molecule has 6 heteroatoms. The minimum absolute atomic E-state index is 0.140. The highest BCUT2D eigenvalue weighted by Crippen LogP contribution is 1.97. The Morgan fingerprint density at radius 3 is 2.00 bits per heavy atom. The summed E-state index contributed by atoms with van der Waals surface area (Å²) in [6.45, 7) is 3.25. The minimum Gasteiger partial charge on any atom is -0.306 e. The monoisotopic (exact) mass is 170 g/mol. The highest BCUT2D eigenvalue weighted by Gasteiger charge is 2.09. The molecule has 0 fully saturated rings. The van der Waals surface area contributed by atoms with E-state index in [-0.39, 0.29) is 16.6 Å². The van der Waals surface area contributed by atoms with Crippen molar-refractivity contribution < 1.29 is 16.5 Å². The summed E-state index contributed by atoms with van der Waals surface area (Å²) in [5.74, 6) is 0. The first-order valence-electron chi connectivity index (χ1n) is 2.47. The van der Waals surface area contributed by atoms with E-state index < -0.39 is 10.4 Å². The smallest absolute Gasteiger partial charge is 0.306 e. The van der Waals surface area contributed by atoms with Crippen LogP contribution in [0.15, 0.2) is 0 Å². The molecule has 0 spiro atoms. The summed E-state index contributed by atoms with van der Waals surface area (Å²) in [6, 6.07) is 0. The topological polar surface area (TPSA) is 52.6 Å². The largest absolute Gasteiger partial charge is 0.389 e. The first-order valence-corrected chi connectivity index (χ1v) is 4.62. The third-order valence-electron chi connectivity index (χ3n) is 0.514. The second-order valence-corrected chi connectivity index (χ2v) is 4.06. The molecular formula is C3H10O4SSi. The van der Waals surface area contributed by atoms with Crippen LogP contribution in [0.25, 0.3) is 0 Å². The first-order chi connectivity index (χ1) is 3.98. The molecule has 0 radical (unpaired) electrons. The summed E-state index contributed by atoms with van der Waals surface area (Å²) in [7, 11) is -3.52. The van der Waals surface area contributed by atoms with Gasteiger partial charge in [-0.05, 0) is 13.8 Å². The molecule has 0 heterocycles. The van der Waals surface area contributed by atoms with E-state index in [1.54, 1.807) is 13.8 Å². The quantitative estimate of drug-likeness (QED) is 0.507. The Bertz CT molecular complexity index is 161. The van der Waals surface area contributed by atoms with E-state index in [1.807, 2.05) is 0 Å². The fourth-order valence-electron chi connectivity index (χ4n) is 0.275. The van der Waals surface area contributed by atoms with Crippen molar-refractivity contribution in [2.75, 3.05) is 0 Å². The van der Waals surface area contributed by atoms with Gasteiger partial charge in [-0.2, -0.15) is 8.42 Å². The van der Waals surface area contributed by atoms with Crippen molar-refractivity contribution in [3.8, 4) is 0 Å². The fourth-order valence-corrected chi connectivity index (χ4v) is 1.06. The molecule has 56 valence electrons. The Balaban J connectivity index is 3.90. The molecule has 0 unspecified atom stereocenters. The molecule has 0 amide bonds. The van der Waals surface area contributed by atoms with Gasteiger partial charge in [-0.1, -0.05) is 0 Å². The van der Waals surface area contributed by atoms with Crippen molar-refractivity contribution in [2.45, 2.75) is 20.0 Å². The van der Waals surface area contributed by atoms with Gasteiger partial charge in [0.15, 0.2) is 10.5 Å². The molecule has 0 aliphatic rings. The van der Waals surface area contributed by atoms with Crippen LogP contribution in [0.5, 0.6) is 0 Å². The lowest BCUT2D eigenvalue weighted by Crippen LogP contribution is -2.13. The molecule has 0 N–H and O–H groups in total. The molecule has 0 saturated carbocycles. The van der Waals surface area contributed by atoms with Gasteiger partial charge in [0.05, 0.1) is 6.10 Å². The fraction of sp³-hybridized carbons (Fsp3) is 1.00. The van der Waals surface area contributed by atoms with Crippen molar-refractivity contribution in [2.24, 2.45) is 0 Å². The zero-order valence-corrected chi connectivity index (χ0v) is 8.44. The number of rotatable bonds is 3. The lowest BCUT2D eigenvalue weighted by Gasteiger charge is -2.04. The van der Waals surface area contributed by atoms with Crippen LogP contribution in [0.1, 0.15) is 13.8 Å². The molecule has 0 bridgehead atoms. The third kappa shape index (κ3) is 4.58. The predicted octanol–water partition coefficient (Wildman–Crippen LogP) is -1.05. The molecular weight excluding hydrogens is 160 g/mol. The van der Waals surface area contributed by atoms with E-state index in [4.69, 9.17) is 0 Å². The van der Waals surface area contributed by atoms with E-state index in [2.05, 4.69) is 8.06 Å². The van der Waals surface area contributed by atoms with Crippen LogP contribution in [0.4, 0.5) is 0 Å². The molecule has 0 aliphatic heterocycles. The van der Waals surface area contributed by atoms with Crippen molar-refractivity contribution in [3.05, 3.63) is 0 Å². The van der Waals surface area contributed by atoms with Crippen LogP contribution in [0, 0.1) is 0 Å².